The molecule has 0 spiro atoms. The van der Waals surface area contributed by atoms with Gasteiger partial charge >= 0.3 is 0 Å². The molecule has 6 heteroatoms. The van der Waals surface area contributed by atoms with E-state index >= 15 is 0 Å². The van der Waals surface area contributed by atoms with Crippen molar-refractivity contribution in [3.8, 4) is 61.2 Å². The van der Waals surface area contributed by atoms with Gasteiger partial charge in [0.25, 0.3) is 0 Å². The van der Waals surface area contributed by atoms with Crippen LogP contribution in [0.2, 0.25) is 0 Å². The van der Waals surface area contributed by atoms with E-state index < -0.39 is 0 Å². The topological polar surface area (TPSA) is 56.5 Å². The Morgan fingerprint density at radius 3 is 1.88 bits per heavy atom. The highest BCUT2D eigenvalue weighted by Crippen LogP contribution is 2.43. The maximum absolute atomic E-state index is 5.13. The van der Waals surface area contributed by atoms with E-state index in [2.05, 4.69) is 142 Å². The van der Waals surface area contributed by atoms with Gasteiger partial charge in [-0.05, 0) is 82.7 Å². The Morgan fingerprint density at radius 1 is 0.442 bits per heavy atom. The molecule has 5 nitrogen and oxygen atoms in total. The molecule has 0 saturated carbocycles. The van der Waals surface area contributed by atoms with Crippen molar-refractivity contribution in [3.63, 3.8) is 0 Å². The third-order valence-corrected chi connectivity index (χ3v) is 10.9. The summed E-state index contributed by atoms with van der Waals surface area (Å²) in [5.74, 6) is 0.657. The fraction of sp³-hybridized carbons (Fsp3) is 0. The Morgan fingerprint density at radius 2 is 1.10 bits per heavy atom. The number of thiophene rings is 1. The number of fused-ring (bicyclic) bond motifs is 5. The van der Waals surface area contributed by atoms with Gasteiger partial charge in [0.05, 0.1) is 22.4 Å². The summed E-state index contributed by atoms with van der Waals surface area (Å²) >= 11 is 1.86. The predicted octanol–water partition coefficient (Wildman–Crippen LogP) is 11.9. The van der Waals surface area contributed by atoms with Gasteiger partial charge in [-0.3, -0.25) is 9.97 Å². The molecule has 5 aromatic heterocycles. The van der Waals surface area contributed by atoms with Crippen LogP contribution in [-0.2, 0) is 0 Å². The van der Waals surface area contributed by atoms with Gasteiger partial charge in [0.1, 0.15) is 0 Å². The number of benzene rings is 5. The van der Waals surface area contributed by atoms with E-state index in [1.807, 2.05) is 48.0 Å². The molecule has 5 aromatic carbocycles. The molecular formula is C46H29N5S. The number of rotatable bonds is 6. The van der Waals surface area contributed by atoms with Gasteiger partial charge in [0, 0.05) is 67.5 Å². The Kier molecular flexibility index (Phi) is 7.25. The van der Waals surface area contributed by atoms with Gasteiger partial charge in [0.2, 0.25) is 0 Å². The highest BCUT2D eigenvalue weighted by atomic mass is 32.1. The zero-order valence-electron chi connectivity index (χ0n) is 27.9. The molecular weight excluding hydrogens is 655 g/mol. The van der Waals surface area contributed by atoms with Crippen LogP contribution in [0, 0.1) is 0 Å². The molecule has 0 aliphatic carbocycles. The lowest BCUT2D eigenvalue weighted by molar-refractivity contribution is 1.16. The summed E-state index contributed by atoms with van der Waals surface area (Å²) in [6.45, 7) is 0. The minimum Gasteiger partial charge on any atom is -0.309 e. The van der Waals surface area contributed by atoms with E-state index in [9.17, 15) is 0 Å². The van der Waals surface area contributed by atoms with Crippen LogP contribution in [0.4, 0.5) is 0 Å². The van der Waals surface area contributed by atoms with Crippen LogP contribution in [0.5, 0.6) is 0 Å². The third kappa shape index (κ3) is 5.25. The van der Waals surface area contributed by atoms with Gasteiger partial charge < -0.3 is 4.57 Å². The van der Waals surface area contributed by atoms with E-state index in [1.165, 1.54) is 42.3 Å². The second kappa shape index (κ2) is 12.5. The Hall–Kier alpha value is -6.76. The van der Waals surface area contributed by atoms with E-state index in [0.29, 0.717) is 5.82 Å². The first kappa shape index (κ1) is 30.1. The monoisotopic (exact) mass is 683 g/mol. The Balaban J connectivity index is 1.12. The number of para-hydroxylation sites is 1. The lowest BCUT2D eigenvalue weighted by Crippen LogP contribution is -1.98. The standard InChI is InChI=1S/C46H29N5S/c1-2-7-33(8-3-1)43-28-36-17-18-42-44(45(36)52-43)38-11-4-5-12-41(38)51(42)37-10-6-9-35(27-37)40-29-39(49-46(50-40)34-21-25-48-26-22-34)32-15-13-30(14-16-32)31-19-23-47-24-20-31/h1-29H. The molecule has 0 N–H and O–H groups in total. The number of hydrogen-bond donors (Lipinski definition) is 0. The van der Waals surface area contributed by atoms with Crippen molar-refractivity contribution in [2.24, 2.45) is 0 Å². The summed E-state index contributed by atoms with van der Waals surface area (Å²) in [5.41, 5.74) is 11.6. The zero-order valence-corrected chi connectivity index (χ0v) is 28.7. The summed E-state index contributed by atoms with van der Waals surface area (Å²) in [7, 11) is 0. The fourth-order valence-electron chi connectivity index (χ4n) is 7.13. The molecule has 0 unspecified atom stereocenters. The van der Waals surface area contributed by atoms with Crippen molar-refractivity contribution in [2.75, 3.05) is 0 Å². The SMILES string of the molecule is c1ccc(-c2cc3ccc4c(c5ccccc5n4-c4cccc(-c5cc(-c6ccc(-c7ccncc7)cc6)nc(-c6ccncc6)n5)c4)c3s2)cc1. The summed E-state index contributed by atoms with van der Waals surface area (Å²) in [6, 6.07) is 53.5. The van der Waals surface area contributed by atoms with Crippen molar-refractivity contribution < 1.29 is 0 Å². The molecule has 244 valence electrons. The largest absolute Gasteiger partial charge is 0.309 e. The minimum absolute atomic E-state index is 0.657. The van der Waals surface area contributed by atoms with Crippen LogP contribution < -0.4 is 0 Å². The predicted molar refractivity (Wildman–Crippen MR) is 215 cm³/mol. The normalized spacial score (nSPS) is 11.5. The Labute approximate surface area is 304 Å². The first-order valence-corrected chi connectivity index (χ1v) is 18.0. The van der Waals surface area contributed by atoms with Crippen LogP contribution in [0.15, 0.2) is 176 Å². The van der Waals surface area contributed by atoms with Crippen LogP contribution in [-0.4, -0.2) is 24.5 Å². The molecule has 0 atom stereocenters. The second-order valence-electron chi connectivity index (χ2n) is 12.8. The minimum atomic E-state index is 0.657. The van der Waals surface area contributed by atoms with E-state index in [0.717, 1.165) is 44.9 Å². The van der Waals surface area contributed by atoms with Crippen molar-refractivity contribution >= 4 is 43.2 Å². The lowest BCUT2D eigenvalue weighted by Gasteiger charge is -2.12. The average molecular weight is 684 g/mol. The van der Waals surface area contributed by atoms with Gasteiger partial charge in [0.15, 0.2) is 5.82 Å². The Bertz CT molecular complexity index is 2880. The van der Waals surface area contributed by atoms with Crippen molar-refractivity contribution in [3.05, 3.63) is 176 Å². The van der Waals surface area contributed by atoms with Crippen molar-refractivity contribution in [2.45, 2.75) is 0 Å². The fourth-order valence-corrected chi connectivity index (χ4v) is 8.35. The quantitative estimate of drug-likeness (QED) is 0.175. The number of pyridine rings is 2. The summed E-state index contributed by atoms with van der Waals surface area (Å²) < 4.78 is 3.69. The molecule has 0 fully saturated rings. The molecule has 10 rings (SSSR count). The highest BCUT2D eigenvalue weighted by molar-refractivity contribution is 7.23. The van der Waals surface area contributed by atoms with Gasteiger partial charge in [-0.1, -0.05) is 91.0 Å². The molecule has 0 aliphatic heterocycles. The van der Waals surface area contributed by atoms with Gasteiger partial charge in [-0.2, -0.15) is 0 Å². The van der Waals surface area contributed by atoms with Gasteiger partial charge in [-0.15, -0.1) is 11.3 Å². The number of hydrogen-bond acceptors (Lipinski definition) is 5. The summed E-state index contributed by atoms with van der Waals surface area (Å²) in [6.07, 6.45) is 7.20. The first-order chi connectivity index (χ1) is 25.8. The third-order valence-electron chi connectivity index (χ3n) is 9.64. The smallest absolute Gasteiger partial charge is 0.160 e. The van der Waals surface area contributed by atoms with E-state index in [-0.39, 0.29) is 0 Å². The second-order valence-corrected chi connectivity index (χ2v) is 13.8. The molecule has 0 bridgehead atoms. The van der Waals surface area contributed by atoms with E-state index in [4.69, 9.17) is 9.97 Å². The highest BCUT2D eigenvalue weighted by Gasteiger charge is 2.18. The molecule has 5 heterocycles. The maximum atomic E-state index is 5.13. The lowest BCUT2D eigenvalue weighted by atomic mass is 10.0. The molecule has 0 aliphatic rings. The molecule has 0 amide bonds. The van der Waals surface area contributed by atoms with Crippen LogP contribution >= 0.6 is 11.3 Å². The molecule has 10 aromatic rings. The zero-order chi connectivity index (χ0) is 34.4. The maximum Gasteiger partial charge on any atom is 0.160 e. The number of aromatic nitrogens is 5. The van der Waals surface area contributed by atoms with Crippen molar-refractivity contribution in [1.29, 1.82) is 0 Å². The van der Waals surface area contributed by atoms with Gasteiger partial charge in [-0.25, -0.2) is 9.97 Å². The van der Waals surface area contributed by atoms with Crippen molar-refractivity contribution in [1.82, 2.24) is 24.5 Å². The molecule has 0 saturated heterocycles. The van der Waals surface area contributed by atoms with Crippen LogP contribution in [0.3, 0.4) is 0 Å². The van der Waals surface area contributed by atoms with Crippen LogP contribution in [0.1, 0.15) is 0 Å². The summed E-state index contributed by atoms with van der Waals surface area (Å²) in [4.78, 5) is 19.9. The number of nitrogens with zero attached hydrogens (tertiary/aromatic N) is 5. The molecule has 52 heavy (non-hydrogen) atoms. The molecule has 0 radical (unpaired) electrons. The van der Waals surface area contributed by atoms with E-state index in [1.54, 1.807) is 12.4 Å². The average Bonchev–Trinajstić information content (AvgIpc) is 3.82. The summed E-state index contributed by atoms with van der Waals surface area (Å²) in [5, 5.41) is 3.79. The first-order valence-electron chi connectivity index (χ1n) is 17.2. The van der Waals surface area contributed by atoms with Crippen LogP contribution in [0.25, 0.3) is 93.0 Å².